The first-order valence-corrected chi connectivity index (χ1v) is 5.18. The molecule has 0 aliphatic rings. The van der Waals surface area contributed by atoms with E-state index in [2.05, 4.69) is 0 Å². The van der Waals surface area contributed by atoms with Gasteiger partial charge in [-0.15, -0.1) is 0 Å². The number of ether oxygens (including phenoxy) is 1. The van der Waals surface area contributed by atoms with Crippen LogP contribution in [0, 0.1) is 0 Å². The molecule has 0 saturated carbocycles. The zero-order chi connectivity index (χ0) is 12.7. The van der Waals surface area contributed by atoms with E-state index >= 15 is 0 Å². The molecule has 0 unspecified atom stereocenters. The average molecular weight is 233 g/mol. The molecule has 1 aromatic carbocycles. The highest BCUT2D eigenvalue weighted by Crippen LogP contribution is 2.09. The number of methoxy groups -OCH3 is 1. The number of hydrogen-bond donors (Lipinski definition) is 0. The van der Waals surface area contributed by atoms with Crippen molar-refractivity contribution < 1.29 is 14.3 Å². The van der Waals surface area contributed by atoms with Crippen molar-refractivity contribution in [3.8, 4) is 0 Å². The van der Waals surface area contributed by atoms with Gasteiger partial charge in [0.25, 0.3) is 0 Å². The van der Waals surface area contributed by atoms with Crippen molar-refractivity contribution in [1.82, 2.24) is 4.90 Å². The Morgan fingerprint density at radius 1 is 1.35 bits per heavy atom. The molecule has 0 fully saturated rings. The Kier molecular flexibility index (Phi) is 5.10. The van der Waals surface area contributed by atoms with Crippen molar-refractivity contribution >= 4 is 18.3 Å². The molecule has 17 heavy (non-hydrogen) atoms. The van der Waals surface area contributed by atoms with Gasteiger partial charge in [0.05, 0.1) is 5.70 Å². The van der Waals surface area contributed by atoms with Gasteiger partial charge >= 0.3 is 0 Å². The number of amides is 1. The lowest BCUT2D eigenvalue weighted by Gasteiger charge is -2.19. The molecule has 0 N–H and O–H groups in total. The molecule has 0 saturated heterocycles. The number of carbonyl (C=O) groups excluding carboxylic acids is 2. The second-order valence-electron chi connectivity index (χ2n) is 3.46. The Hall–Kier alpha value is -1.94. The standard InChI is InChI=1S/C13H15NO3/c1-11(16)14(10-17-2)13(9-15)8-12-6-4-3-5-7-12/h3-9H,10H2,1-2H3. The molecular weight excluding hydrogens is 218 g/mol. The predicted molar refractivity (Wildman–Crippen MR) is 64.9 cm³/mol. The molecule has 0 spiro atoms. The largest absolute Gasteiger partial charge is 0.364 e. The van der Waals surface area contributed by atoms with Crippen LogP contribution in [0.4, 0.5) is 0 Å². The maximum absolute atomic E-state index is 11.4. The molecule has 0 heterocycles. The molecule has 1 amide bonds. The third-order valence-electron chi connectivity index (χ3n) is 2.18. The highest BCUT2D eigenvalue weighted by molar-refractivity contribution is 5.89. The first kappa shape index (κ1) is 13.1. The Morgan fingerprint density at radius 2 is 2.00 bits per heavy atom. The van der Waals surface area contributed by atoms with Crippen LogP contribution in [-0.2, 0) is 14.3 Å². The van der Waals surface area contributed by atoms with E-state index < -0.39 is 0 Å². The Balaban J connectivity index is 3.00. The second-order valence-corrected chi connectivity index (χ2v) is 3.46. The van der Waals surface area contributed by atoms with Crippen molar-refractivity contribution in [2.75, 3.05) is 13.8 Å². The summed E-state index contributed by atoms with van der Waals surface area (Å²) in [6.07, 6.45) is 2.29. The molecule has 0 aliphatic heterocycles. The SMILES string of the molecule is COCN(C(C)=O)C(C=O)=Cc1ccccc1. The highest BCUT2D eigenvalue weighted by Gasteiger charge is 2.13. The van der Waals surface area contributed by atoms with Crippen LogP contribution in [0.1, 0.15) is 12.5 Å². The van der Waals surface area contributed by atoms with Crippen molar-refractivity contribution in [2.24, 2.45) is 0 Å². The van der Waals surface area contributed by atoms with Gasteiger partial charge in [0.1, 0.15) is 6.73 Å². The third-order valence-corrected chi connectivity index (χ3v) is 2.18. The van der Waals surface area contributed by atoms with E-state index in [1.165, 1.54) is 18.9 Å². The van der Waals surface area contributed by atoms with Gasteiger partial charge in [-0.25, -0.2) is 0 Å². The zero-order valence-corrected chi connectivity index (χ0v) is 9.92. The topological polar surface area (TPSA) is 46.6 Å². The lowest BCUT2D eigenvalue weighted by atomic mass is 10.2. The van der Waals surface area contributed by atoms with Crippen LogP contribution in [0.3, 0.4) is 0 Å². The van der Waals surface area contributed by atoms with E-state index in [0.29, 0.717) is 6.29 Å². The molecule has 1 aromatic rings. The molecule has 0 atom stereocenters. The summed E-state index contributed by atoms with van der Waals surface area (Å²) in [5, 5.41) is 0. The van der Waals surface area contributed by atoms with Crippen LogP contribution in [0.15, 0.2) is 36.0 Å². The number of benzene rings is 1. The molecule has 1 rings (SSSR count). The van der Waals surface area contributed by atoms with E-state index in [1.54, 1.807) is 6.08 Å². The van der Waals surface area contributed by atoms with E-state index in [1.807, 2.05) is 30.3 Å². The van der Waals surface area contributed by atoms with E-state index in [0.717, 1.165) is 5.56 Å². The first-order valence-electron chi connectivity index (χ1n) is 5.18. The van der Waals surface area contributed by atoms with Gasteiger partial charge in [-0.2, -0.15) is 0 Å². The fourth-order valence-electron chi connectivity index (χ4n) is 1.37. The second kappa shape index (κ2) is 6.60. The van der Waals surface area contributed by atoms with Gasteiger partial charge in [-0.05, 0) is 11.6 Å². The van der Waals surface area contributed by atoms with E-state index in [4.69, 9.17) is 4.74 Å². The monoisotopic (exact) mass is 233 g/mol. The fraction of sp³-hybridized carbons (Fsp3) is 0.231. The number of allylic oxidation sites excluding steroid dienone is 1. The summed E-state index contributed by atoms with van der Waals surface area (Å²) in [7, 11) is 1.47. The molecule has 0 radical (unpaired) electrons. The lowest BCUT2D eigenvalue weighted by Crippen LogP contribution is -2.30. The van der Waals surface area contributed by atoms with Gasteiger partial charge < -0.3 is 4.74 Å². The zero-order valence-electron chi connectivity index (χ0n) is 9.92. The Morgan fingerprint density at radius 3 is 2.47 bits per heavy atom. The first-order chi connectivity index (χ1) is 8.19. The van der Waals surface area contributed by atoms with Crippen molar-refractivity contribution in [3.05, 3.63) is 41.6 Å². The van der Waals surface area contributed by atoms with E-state index in [-0.39, 0.29) is 18.3 Å². The summed E-state index contributed by atoms with van der Waals surface area (Å²) in [6.45, 7) is 1.45. The summed E-state index contributed by atoms with van der Waals surface area (Å²) in [4.78, 5) is 23.7. The summed E-state index contributed by atoms with van der Waals surface area (Å²) in [5.74, 6) is -0.235. The van der Waals surface area contributed by atoms with Crippen molar-refractivity contribution in [2.45, 2.75) is 6.92 Å². The minimum Gasteiger partial charge on any atom is -0.364 e. The highest BCUT2D eigenvalue weighted by atomic mass is 16.5. The summed E-state index contributed by atoms with van der Waals surface area (Å²) >= 11 is 0. The number of rotatable bonds is 5. The van der Waals surface area contributed by atoms with E-state index in [9.17, 15) is 9.59 Å². The smallest absolute Gasteiger partial charge is 0.225 e. The summed E-state index contributed by atoms with van der Waals surface area (Å²) < 4.78 is 4.89. The van der Waals surface area contributed by atoms with Crippen LogP contribution < -0.4 is 0 Å². The Bertz CT molecular complexity index is 412. The maximum atomic E-state index is 11.4. The van der Waals surface area contributed by atoms with Crippen LogP contribution in [0.25, 0.3) is 6.08 Å². The van der Waals surface area contributed by atoms with Gasteiger partial charge in [0.2, 0.25) is 5.91 Å². The minimum atomic E-state index is -0.235. The number of carbonyl (C=O) groups is 2. The number of hydrogen-bond acceptors (Lipinski definition) is 3. The third kappa shape index (κ3) is 3.85. The summed E-state index contributed by atoms with van der Waals surface area (Å²) in [6, 6.07) is 9.32. The summed E-state index contributed by atoms with van der Waals surface area (Å²) in [5.41, 5.74) is 1.14. The molecule has 0 aliphatic carbocycles. The Labute approximate surface area is 100 Å². The normalized spacial score (nSPS) is 11.1. The quantitative estimate of drug-likeness (QED) is 0.441. The van der Waals surface area contributed by atoms with Crippen LogP contribution >= 0.6 is 0 Å². The molecular formula is C13H15NO3. The lowest BCUT2D eigenvalue weighted by molar-refractivity contribution is -0.132. The maximum Gasteiger partial charge on any atom is 0.225 e. The van der Waals surface area contributed by atoms with Crippen LogP contribution in [0.5, 0.6) is 0 Å². The molecule has 0 aromatic heterocycles. The molecule has 0 bridgehead atoms. The van der Waals surface area contributed by atoms with Crippen molar-refractivity contribution in [3.63, 3.8) is 0 Å². The van der Waals surface area contributed by atoms with Gasteiger partial charge in [-0.3, -0.25) is 14.5 Å². The van der Waals surface area contributed by atoms with Gasteiger partial charge in [0.15, 0.2) is 6.29 Å². The number of nitrogens with zero attached hydrogens (tertiary/aromatic N) is 1. The van der Waals surface area contributed by atoms with Gasteiger partial charge in [-0.1, -0.05) is 30.3 Å². The molecule has 4 nitrogen and oxygen atoms in total. The van der Waals surface area contributed by atoms with Crippen LogP contribution in [0.2, 0.25) is 0 Å². The predicted octanol–water partition coefficient (Wildman–Crippen LogP) is 1.68. The van der Waals surface area contributed by atoms with Gasteiger partial charge in [0, 0.05) is 14.0 Å². The average Bonchev–Trinajstić information content (AvgIpc) is 2.34. The minimum absolute atomic E-state index is 0.0622. The molecule has 90 valence electrons. The van der Waals surface area contributed by atoms with Crippen LogP contribution in [-0.4, -0.2) is 30.9 Å². The van der Waals surface area contributed by atoms with Crippen molar-refractivity contribution in [1.29, 1.82) is 0 Å². The fourth-order valence-corrected chi connectivity index (χ4v) is 1.37. The number of aldehydes is 1. The molecule has 4 heteroatoms.